The summed E-state index contributed by atoms with van der Waals surface area (Å²) >= 11 is 0. The van der Waals surface area contributed by atoms with Crippen molar-refractivity contribution in [1.82, 2.24) is 9.62 Å². The van der Waals surface area contributed by atoms with Crippen molar-refractivity contribution in [3.63, 3.8) is 0 Å². The Morgan fingerprint density at radius 2 is 1.91 bits per heavy atom. The molecule has 2 aromatic carbocycles. The zero-order valence-corrected chi connectivity index (χ0v) is 18.9. The van der Waals surface area contributed by atoms with Crippen LogP contribution in [0.4, 0.5) is 4.39 Å². The number of methoxy groups -OCH3 is 1. The smallest absolute Gasteiger partial charge is 0.338 e. The van der Waals surface area contributed by atoms with Gasteiger partial charge in [-0.25, -0.2) is 22.3 Å². The summed E-state index contributed by atoms with van der Waals surface area (Å²) in [4.78, 5) is 26.1. The number of hydrogen-bond acceptors (Lipinski definition) is 6. The molecule has 3 rings (SSSR count). The number of nitrogens with zero attached hydrogens (tertiary/aromatic N) is 1. The molecule has 0 aromatic heterocycles. The van der Waals surface area contributed by atoms with Crippen molar-refractivity contribution in [1.29, 1.82) is 0 Å². The van der Waals surface area contributed by atoms with Gasteiger partial charge in [0, 0.05) is 19.6 Å². The van der Waals surface area contributed by atoms with Crippen molar-refractivity contribution in [3.8, 4) is 5.75 Å². The van der Waals surface area contributed by atoms with Crippen LogP contribution in [-0.4, -0.2) is 52.0 Å². The average molecular weight is 465 g/mol. The number of halogens is 1. The molecule has 0 spiro atoms. The maximum atomic E-state index is 13.8. The van der Waals surface area contributed by atoms with Gasteiger partial charge < -0.3 is 14.4 Å². The monoisotopic (exact) mass is 464 g/mol. The minimum absolute atomic E-state index is 0.0353. The number of hydrogen-bond donors (Lipinski definition) is 1. The number of carbonyl (C=O) groups excluding carboxylic acids is 2. The molecule has 2 aromatic rings. The van der Waals surface area contributed by atoms with E-state index < -0.39 is 34.3 Å². The highest BCUT2D eigenvalue weighted by Gasteiger charge is 2.28. The molecule has 172 valence electrons. The van der Waals surface area contributed by atoms with Crippen LogP contribution < -0.4 is 9.46 Å². The predicted molar refractivity (Wildman–Crippen MR) is 114 cm³/mol. The molecule has 32 heavy (non-hydrogen) atoms. The lowest BCUT2D eigenvalue weighted by atomic mass is 10.1. The highest BCUT2D eigenvalue weighted by molar-refractivity contribution is 7.89. The van der Waals surface area contributed by atoms with Gasteiger partial charge in [0.1, 0.15) is 0 Å². The van der Waals surface area contributed by atoms with E-state index in [0.717, 1.165) is 12.8 Å². The summed E-state index contributed by atoms with van der Waals surface area (Å²) in [6.07, 6.45) is 1.58. The number of aryl methyl sites for hydroxylation is 1. The Kier molecular flexibility index (Phi) is 7.15. The molecule has 0 radical (unpaired) electrons. The van der Waals surface area contributed by atoms with E-state index >= 15 is 0 Å². The first-order valence-electron chi connectivity index (χ1n) is 9.97. The van der Waals surface area contributed by atoms with E-state index in [1.54, 1.807) is 13.0 Å². The second-order valence-electron chi connectivity index (χ2n) is 7.67. The van der Waals surface area contributed by atoms with E-state index in [1.165, 1.54) is 49.4 Å². The molecule has 0 heterocycles. The fourth-order valence-electron chi connectivity index (χ4n) is 2.96. The molecule has 0 aliphatic heterocycles. The second-order valence-corrected chi connectivity index (χ2v) is 9.38. The Morgan fingerprint density at radius 3 is 2.53 bits per heavy atom. The lowest BCUT2D eigenvalue weighted by molar-refractivity contribution is -0.133. The number of ether oxygens (including phenoxy) is 2. The first-order valence-corrected chi connectivity index (χ1v) is 11.5. The van der Waals surface area contributed by atoms with Crippen LogP contribution in [0, 0.1) is 12.7 Å². The fraction of sp³-hybridized carbons (Fsp3) is 0.364. The van der Waals surface area contributed by atoms with Crippen molar-refractivity contribution >= 4 is 21.9 Å². The second kappa shape index (κ2) is 9.66. The largest absolute Gasteiger partial charge is 0.494 e. The molecule has 0 saturated heterocycles. The molecular weight excluding hydrogens is 439 g/mol. The number of nitrogens with one attached hydrogen (secondary N) is 1. The predicted octanol–water partition coefficient (Wildman–Crippen LogP) is 2.40. The van der Waals surface area contributed by atoms with Crippen LogP contribution in [-0.2, 0) is 26.1 Å². The van der Waals surface area contributed by atoms with Gasteiger partial charge >= 0.3 is 5.97 Å². The van der Waals surface area contributed by atoms with Gasteiger partial charge in [-0.2, -0.15) is 0 Å². The third-order valence-corrected chi connectivity index (χ3v) is 6.55. The quantitative estimate of drug-likeness (QED) is 0.572. The molecule has 1 fully saturated rings. The minimum atomic E-state index is -3.73. The Labute approximate surface area is 186 Å². The van der Waals surface area contributed by atoms with Gasteiger partial charge in [0.05, 0.1) is 17.6 Å². The van der Waals surface area contributed by atoms with Crippen LogP contribution in [0.1, 0.15) is 34.3 Å². The number of esters is 1. The maximum Gasteiger partial charge on any atom is 0.338 e. The lowest BCUT2D eigenvalue weighted by Gasteiger charge is -2.18. The SMILES string of the molecule is COc1ccc(CN(C)C(=O)COC(=O)c2cc(S(=O)(=O)NC3CC3)ccc2C)cc1F. The van der Waals surface area contributed by atoms with E-state index in [0.29, 0.717) is 11.1 Å². The molecule has 10 heteroatoms. The molecule has 8 nitrogen and oxygen atoms in total. The van der Waals surface area contributed by atoms with E-state index in [4.69, 9.17) is 9.47 Å². The summed E-state index contributed by atoms with van der Waals surface area (Å²) < 4.78 is 51.2. The molecule has 0 unspecified atom stereocenters. The van der Waals surface area contributed by atoms with Gasteiger partial charge in [-0.1, -0.05) is 12.1 Å². The van der Waals surface area contributed by atoms with Crippen LogP contribution >= 0.6 is 0 Å². The average Bonchev–Trinajstić information content (AvgIpc) is 3.55. The van der Waals surface area contributed by atoms with Crippen molar-refractivity contribution < 1.29 is 31.9 Å². The zero-order valence-electron chi connectivity index (χ0n) is 18.1. The molecule has 0 atom stereocenters. The number of rotatable bonds is 9. The van der Waals surface area contributed by atoms with Crippen molar-refractivity contribution in [2.45, 2.75) is 37.2 Å². The molecule has 1 amide bonds. The Bertz CT molecular complexity index is 1130. The highest BCUT2D eigenvalue weighted by Crippen LogP contribution is 2.23. The number of sulfonamides is 1. The highest BCUT2D eigenvalue weighted by atomic mass is 32.2. The summed E-state index contributed by atoms with van der Waals surface area (Å²) in [5, 5.41) is 0. The van der Waals surface area contributed by atoms with Crippen LogP contribution in [0.5, 0.6) is 5.75 Å². The van der Waals surface area contributed by atoms with Gasteiger partial charge in [-0.15, -0.1) is 0 Å². The number of carbonyl (C=O) groups is 2. The maximum absolute atomic E-state index is 13.8. The van der Waals surface area contributed by atoms with Gasteiger partial charge in [-0.05, 0) is 55.2 Å². The molecular formula is C22H25FN2O6S. The normalized spacial score (nSPS) is 13.5. The summed E-state index contributed by atoms with van der Waals surface area (Å²) in [6, 6.07) is 8.47. The van der Waals surface area contributed by atoms with E-state index in [1.807, 2.05) is 0 Å². The summed E-state index contributed by atoms with van der Waals surface area (Å²) in [6.45, 7) is 1.22. The third kappa shape index (κ3) is 5.83. The summed E-state index contributed by atoms with van der Waals surface area (Å²) in [5.41, 5.74) is 1.13. The fourth-order valence-corrected chi connectivity index (χ4v) is 4.29. The minimum Gasteiger partial charge on any atom is -0.494 e. The number of benzene rings is 2. The first-order chi connectivity index (χ1) is 15.1. The van der Waals surface area contributed by atoms with E-state index in [-0.39, 0.29) is 28.8 Å². The molecule has 1 N–H and O–H groups in total. The van der Waals surface area contributed by atoms with Crippen LogP contribution in [0.25, 0.3) is 0 Å². The molecule has 1 aliphatic carbocycles. The van der Waals surface area contributed by atoms with Crippen molar-refractivity contribution in [3.05, 3.63) is 58.9 Å². The van der Waals surface area contributed by atoms with E-state index in [9.17, 15) is 22.4 Å². The van der Waals surface area contributed by atoms with Crippen molar-refractivity contribution in [2.24, 2.45) is 0 Å². The Hall–Kier alpha value is -2.98. The third-order valence-electron chi connectivity index (χ3n) is 5.03. The van der Waals surface area contributed by atoms with Crippen LogP contribution in [0.15, 0.2) is 41.3 Å². The lowest BCUT2D eigenvalue weighted by Crippen LogP contribution is -2.31. The van der Waals surface area contributed by atoms with Gasteiger partial charge in [0.15, 0.2) is 18.2 Å². The van der Waals surface area contributed by atoms with Crippen LogP contribution in [0.2, 0.25) is 0 Å². The first kappa shape index (κ1) is 23.7. The number of amides is 1. The summed E-state index contributed by atoms with van der Waals surface area (Å²) in [5.74, 6) is -1.74. The van der Waals surface area contributed by atoms with E-state index in [2.05, 4.69) is 4.72 Å². The van der Waals surface area contributed by atoms with Crippen molar-refractivity contribution in [2.75, 3.05) is 20.8 Å². The topological polar surface area (TPSA) is 102 Å². The van der Waals surface area contributed by atoms with Gasteiger partial charge in [-0.3, -0.25) is 4.79 Å². The molecule has 1 aliphatic rings. The Balaban J connectivity index is 1.61. The summed E-state index contributed by atoms with van der Waals surface area (Å²) in [7, 11) is -0.870. The molecule has 1 saturated carbocycles. The standard InChI is InChI=1S/C22H25FN2O6S/c1-14-4-8-17(32(28,29)24-16-6-7-16)11-18(14)22(27)31-13-21(26)25(2)12-15-5-9-20(30-3)19(23)10-15/h4-5,8-11,16,24H,6-7,12-13H2,1-3H3. The zero-order chi connectivity index (χ0) is 23.5. The van der Waals surface area contributed by atoms with Gasteiger partial charge in [0.25, 0.3) is 5.91 Å². The Morgan fingerprint density at radius 1 is 1.19 bits per heavy atom. The number of likely N-dealkylation sites (N-methyl/N-ethyl adjacent to an activating group) is 1. The van der Waals surface area contributed by atoms with Gasteiger partial charge in [0.2, 0.25) is 10.0 Å². The van der Waals surface area contributed by atoms with Crippen LogP contribution in [0.3, 0.4) is 0 Å². The molecule has 0 bridgehead atoms.